The first kappa shape index (κ1) is 13.6. The molecule has 0 aliphatic heterocycles. The molecule has 0 saturated carbocycles. The van der Waals surface area contributed by atoms with E-state index in [4.69, 9.17) is 15.9 Å². The zero-order valence-electron chi connectivity index (χ0n) is 9.95. The molecule has 1 aromatic heterocycles. The van der Waals surface area contributed by atoms with Gasteiger partial charge in [-0.3, -0.25) is 0 Å². The molecule has 0 radical (unpaired) electrons. The molecule has 18 heavy (non-hydrogen) atoms. The summed E-state index contributed by atoms with van der Waals surface area (Å²) in [5.41, 5.74) is 0.0968. The molecule has 0 fully saturated rings. The maximum Gasteiger partial charge on any atom is 0.339 e. The van der Waals surface area contributed by atoms with Gasteiger partial charge in [0, 0.05) is 13.0 Å². The third kappa shape index (κ3) is 3.87. The molecule has 0 spiro atoms. The van der Waals surface area contributed by atoms with Crippen molar-refractivity contribution in [3.63, 3.8) is 0 Å². The van der Waals surface area contributed by atoms with Crippen molar-refractivity contribution in [3.8, 4) is 12.3 Å². The van der Waals surface area contributed by atoms with Gasteiger partial charge < -0.3 is 20.2 Å². The summed E-state index contributed by atoms with van der Waals surface area (Å²) in [7, 11) is 0. The normalized spacial score (nSPS) is 9.56. The van der Waals surface area contributed by atoms with E-state index < -0.39 is 5.97 Å². The number of nitrogens with one attached hydrogen (secondary N) is 2. The number of aryl methyl sites for hydroxylation is 1. The molecular formula is C12H14N2O4. The average Bonchev–Trinajstić information content (AvgIpc) is 2.68. The lowest BCUT2D eigenvalue weighted by molar-refractivity contribution is 0.0695. The van der Waals surface area contributed by atoms with Crippen molar-refractivity contribution in [3.05, 3.63) is 23.2 Å². The van der Waals surface area contributed by atoms with Gasteiger partial charge in [0.05, 0.1) is 6.54 Å². The first-order valence-electron chi connectivity index (χ1n) is 5.32. The van der Waals surface area contributed by atoms with Crippen LogP contribution in [0.3, 0.4) is 0 Å². The van der Waals surface area contributed by atoms with E-state index in [1.54, 1.807) is 6.92 Å². The van der Waals surface area contributed by atoms with Crippen LogP contribution in [0.4, 0.5) is 4.79 Å². The molecule has 1 aromatic rings. The smallest absolute Gasteiger partial charge is 0.339 e. The van der Waals surface area contributed by atoms with Crippen LogP contribution in [0, 0.1) is 19.3 Å². The lowest BCUT2D eigenvalue weighted by Crippen LogP contribution is -2.35. The molecule has 0 unspecified atom stereocenters. The minimum absolute atomic E-state index is 0.0968. The topological polar surface area (TPSA) is 91.6 Å². The van der Waals surface area contributed by atoms with E-state index in [0.29, 0.717) is 24.5 Å². The molecule has 6 heteroatoms. The Morgan fingerprint density at radius 3 is 2.78 bits per heavy atom. The summed E-state index contributed by atoms with van der Waals surface area (Å²) in [4.78, 5) is 22.0. The van der Waals surface area contributed by atoms with Crippen LogP contribution in [-0.2, 0) is 6.54 Å². The lowest BCUT2D eigenvalue weighted by Gasteiger charge is -2.04. The minimum Gasteiger partial charge on any atom is -0.478 e. The molecular weight excluding hydrogens is 236 g/mol. The number of terminal acetylenes is 1. The molecule has 2 amide bonds. The van der Waals surface area contributed by atoms with Gasteiger partial charge >= 0.3 is 12.0 Å². The molecule has 6 nitrogen and oxygen atoms in total. The van der Waals surface area contributed by atoms with Crippen LogP contribution in [0.25, 0.3) is 0 Å². The second-order valence-corrected chi connectivity index (χ2v) is 3.55. The van der Waals surface area contributed by atoms with Crippen LogP contribution in [0.5, 0.6) is 0 Å². The molecule has 96 valence electrons. The number of urea groups is 1. The Morgan fingerprint density at radius 2 is 2.22 bits per heavy atom. The van der Waals surface area contributed by atoms with Crippen LogP contribution < -0.4 is 10.6 Å². The van der Waals surface area contributed by atoms with E-state index in [0.717, 1.165) is 0 Å². The van der Waals surface area contributed by atoms with E-state index in [2.05, 4.69) is 16.6 Å². The van der Waals surface area contributed by atoms with Crippen LogP contribution in [0.15, 0.2) is 10.5 Å². The van der Waals surface area contributed by atoms with Crippen molar-refractivity contribution >= 4 is 12.0 Å². The van der Waals surface area contributed by atoms with Gasteiger partial charge in [-0.2, -0.15) is 0 Å². The van der Waals surface area contributed by atoms with Crippen molar-refractivity contribution in [1.82, 2.24) is 10.6 Å². The molecule has 0 aliphatic rings. The van der Waals surface area contributed by atoms with E-state index in [9.17, 15) is 9.59 Å². The number of furan rings is 1. The van der Waals surface area contributed by atoms with Crippen LogP contribution >= 0.6 is 0 Å². The van der Waals surface area contributed by atoms with Crippen molar-refractivity contribution in [2.45, 2.75) is 19.9 Å². The molecule has 1 heterocycles. The number of carboxylic acid groups (broad SMARTS) is 1. The van der Waals surface area contributed by atoms with E-state index in [-0.39, 0.29) is 18.1 Å². The molecule has 0 atom stereocenters. The highest BCUT2D eigenvalue weighted by molar-refractivity contribution is 5.88. The minimum atomic E-state index is -1.05. The SMILES string of the molecule is C#CCCNC(=O)NCc1cc(C(=O)O)c(C)o1. The Morgan fingerprint density at radius 1 is 1.50 bits per heavy atom. The zero-order valence-corrected chi connectivity index (χ0v) is 9.95. The number of aromatic carboxylic acids is 1. The van der Waals surface area contributed by atoms with Crippen LogP contribution in [-0.4, -0.2) is 23.7 Å². The predicted molar refractivity (Wildman–Crippen MR) is 64.1 cm³/mol. The largest absolute Gasteiger partial charge is 0.478 e. The van der Waals surface area contributed by atoms with Gasteiger partial charge in [0.15, 0.2) is 0 Å². The monoisotopic (exact) mass is 250 g/mol. The van der Waals surface area contributed by atoms with E-state index in [1.807, 2.05) is 0 Å². The Bertz CT molecular complexity index is 485. The van der Waals surface area contributed by atoms with Gasteiger partial charge in [-0.25, -0.2) is 9.59 Å². The van der Waals surface area contributed by atoms with Crippen molar-refractivity contribution in [1.29, 1.82) is 0 Å². The maximum absolute atomic E-state index is 11.3. The molecule has 0 saturated heterocycles. The van der Waals surface area contributed by atoms with E-state index in [1.165, 1.54) is 6.07 Å². The molecule has 1 rings (SSSR count). The van der Waals surface area contributed by atoms with Gasteiger partial charge in [0.1, 0.15) is 17.1 Å². The number of carbonyl (C=O) groups is 2. The summed E-state index contributed by atoms with van der Waals surface area (Å²) in [6.07, 6.45) is 5.49. The number of carbonyl (C=O) groups excluding carboxylic acids is 1. The van der Waals surface area contributed by atoms with Crippen molar-refractivity contribution < 1.29 is 19.1 Å². The molecule has 0 bridgehead atoms. The fraction of sp³-hybridized carbons (Fsp3) is 0.333. The Labute approximate surface area is 104 Å². The van der Waals surface area contributed by atoms with Gasteiger partial charge in [-0.05, 0) is 13.0 Å². The molecule has 0 aliphatic carbocycles. The maximum atomic E-state index is 11.3. The highest BCUT2D eigenvalue weighted by atomic mass is 16.4. The van der Waals surface area contributed by atoms with Gasteiger partial charge in [0.2, 0.25) is 0 Å². The lowest BCUT2D eigenvalue weighted by atomic mass is 10.2. The fourth-order valence-electron chi connectivity index (χ4n) is 1.32. The van der Waals surface area contributed by atoms with Gasteiger partial charge in [-0.15, -0.1) is 12.3 Å². The first-order valence-corrected chi connectivity index (χ1v) is 5.32. The number of amides is 2. The first-order chi connectivity index (χ1) is 8.54. The zero-order chi connectivity index (χ0) is 13.5. The third-order valence-electron chi connectivity index (χ3n) is 2.18. The highest BCUT2D eigenvalue weighted by Gasteiger charge is 2.13. The Balaban J connectivity index is 2.44. The molecule has 0 aromatic carbocycles. The van der Waals surface area contributed by atoms with Crippen molar-refractivity contribution in [2.24, 2.45) is 0 Å². The quantitative estimate of drug-likeness (QED) is 0.539. The van der Waals surface area contributed by atoms with Crippen LogP contribution in [0.2, 0.25) is 0 Å². The molecule has 3 N–H and O–H groups in total. The predicted octanol–water partition coefficient (Wildman–Crippen LogP) is 1.11. The Kier molecular flexibility index (Phi) is 4.81. The summed E-state index contributed by atoms with van der Waals surface area (Å²) < 4.78 is 5.20. The van der Waals surface area contributed by atoms with Gasteiger partial charge in [0.25, 0.3) is 0 Å². The van der Waals surface area contributed by atoms with Crippen molar-refractivity contribution in [2.75, 3.05) is 6.54 Å². The third-order valence-corrected chi connectivity index (χ3v) is 2.18. The summed E-state index contributed by atoms with van der Waals surface area (Å²) >= 11 is 0. The number of carboxylic acids is 1. The second kappa shape index (κ2) is 6.35. The van der Waals surface area contributed by atoms with Crippen LogP contribution in [0.1, 0.15) is 28.3 Å². The number of hydrogen-bond donors (Lipinski definition) is 3. The summed E-state index contributed by atoms with van der Waals surface area (Å²) in [6, 6.07) is 1.01. The number of hydrogen-bond acceptors (Lipinski definition) is 3. The highest BCUT2D eigenvalue weighted by Crippen LogP contribution is 2.14. The van der Waals surface area contributed by atoms with Gasteiger partial charge in [-0.1, -0.05) is 0 Å². The summed E-state index contributed by atoms with van der Waals surface area (Å²) in [5.74, 6) is 2.04. The second-order valence-electron chi connectivity index (χ2n) is 3.55. The average molecular weight is 250 g/mol. The number of rotatable bonds is 5. The fourth-order valence-corrected chi connectivity index (χ4v) is 1.32. The summed E-state index contributed by atoms with van der Waals surface area (Å²) in [6.45, 7) is 2.07. The summed E-state index contributed by atoms with van der Waals surface area (Å²) in [5, 5.41) is 13.9. The van der Waals surface area contributed by atoms with E-state index >= 15 is 0 Å². The standard InChI is InChI=1S/C12H14N2O4/c1-3-4-5-13-12(17)14-7-9-6-10(11(15)16)8(2)18-9/h1,6H,4-5,7H2,2H3,(H,15,16)(H2,13,14,17). The Hall–Kier alpha value is -2.42.